The van der Waals surface area contributed by atoms with Crippen LogP contribution in [0.25, 0.3) is 0 Å². The van der Waals surface area contributed by atoms with Gasteiger partial charge in [-0.25, -0.2) is 0 Å². The summed E-state index contributed by atoms with van der Waals surface area (Å²) in [6.45, 7) is 12.9. The van der Waals surface area contributed by atoms with Gasteiger partial charge < -0.3 is 4.90 Å². The van der Waals surface area contributed by atoms with Crippen molar-refractivity contribution in [3.05, 3.63) is 0 Å². The smallest absolute Gasteiger partial charge is 0.152 e. The summed E-state index contributed by atoms with van der Waals surface area (Å²) < 4.78 is 14.8. The van der Waals surface area contributed by atoms with Crippen LogP contribution in [0.2, 0.25) is 0 Å². The molecular formula is C16H32BFN2. The lowest BCUT2D eigenvalue weighted by Crippen LogP contribution is -2.46. The molecule has 0 spiro atoms. The number of rotatable bonds is 4. The van der Waals surface area contributed by atoms with Crippen molar-refractivity contribution < 1.29 is 4.39 Å². The first-order valence-electron chi connectivity index (χ1n) is 8.46. The van der Waals surface area contributed by atoms with E-state index in [1.54, 1.807) is 0 Å². The molecule has 4 heteroatoms. The number of likely N-dealkylation sites (tertiary alicyclic amines) is 2. The Bertz CT molecular complexity index is 312. The van der Waals surface area contributed by atoms with E-state index in [0.717, 1.165) is 13.0 Å². The van der Waals surface area contributed by atoms with Gasteiger partial charge >= 0.3 is 0 Å². The summed E-state index contributed by atoms with van der Waals surface area (Å²) >= 11 is 0. The fourth-order valence-electron chi connectivity index (χ4n) is 4.00. The van der Waals surface area contributed by atoms with Gasteiger partial charge in [-0.1, -0.05) is 13.8 Å². The zero-order chi connectivity index (χ0) is 14.9. The van der Waals surface area contributed by atoms with Gasteiger partial charge in [-0.3, -0.25) is 9.29 Å². The van der Waals surface area contributed by atoms with E-state index < -0.39 is 5.57 Å². The second kappa shape index (κ2) is 6.35. The van der Waals surface area contributed by atoms with Crippen LogP contribution in [0.5, 0.6) is 0 Å². The molecule has 0 radical (unpaired) electrons. The van der Waals surface area contributed by atoms with Crippen molar-refractivity contribution in [3.8, 4) is 0 Å². The van der Waals surface area contributed by atoms with E-state index in [9.17, 15) is 4.39 Å². The Hall–Kier alpha value is -0.0851. The summed E-state index contributed by atoms with van der Waals surface area (Å²) in [5.41, 5.74) is -0.987. The van der Waals surface area contributed by atoms with Gasteiger partial charge in [-0.2, -0.15) is 0 Å². The van der Waals surface area contributed by atoms with Crippen LogP contribution < -0.4 is 0 Å². The van der Waals surface area contributed by atoms with Crippen LogP contribution in [0.3, 0.4) is 0 Å². The Morgan fingerprint density at radius 1 is 1.20 bits per heavy atom. The van der Waals surface area contributed by atoms with Crippen LogP contribution in [-0.4, -0.2) is 61.5 Å². The minimum absolute atomic E-state index is 0.227. The van der Waals surface area contributed by atoms with Gasteiger partial charge in [0.15, 0.2) is 7.85 Å². The molecule has 2 aliphatic rings. The molecule has 0 N–H and O–H groups in total. The lowest BCUT2D eigenvalue weighted by atomic mass is 9.72. The van der Waals surface area contributed by atoms with Crippen LogP contribution in [0.1, 0.15) is 47.0 Å². The number of piperidine rings is 1. The van der Waals surface area contributed by atoms with Crippen molar-refractivity contribution in [2.24, 2.45) is 11.8 Å². The van der Waals surface area contributed by atoms with E-state index in [1.165, 1.54) is 25.9 Å². The number of nitrogens with zero attached hydrogens (tertiary/aromatic N) is 2. The molecule has 2 rings (SSSR count). The SMILES string of the molecule is BC1(F)CN(C2CCN(C(C)C)CC2)CC1CC(C)C. The lowest BCUT2D eigenvalue weighted by molar-refractivity contribution is 0.100. The molecule has 0 aromatic rings. The second-order valence-corrected chi connectivity index (χ2v) is 7.89. The average molecular weight is 282 g/mol. The standard InChI is InChI=1S/C16H32BFN2/c1-12(2)9-14-10-20(11-16(14,17)18)15-5-7-19(8-6-15)13(3)4/h12-15H,5-11,17H2,1-4H3. The van der Waals surface area contributed by atoms with Crippen LogP contribution >= 0.6 is 0 Å². The summed E-state index contributed by atoms with van der Waals surface area (Å²) in [6, 6.07) is 1.26. The maximum absolute atomic E-state index is 14.8. The van der Waals surface area contributed by atoms with Gasteiger partial charge in [0, 0.05) is 25.2 Å². The summed E-state index contributed by atoms with van der Waals surface area (Å²) in [6.07, 6.45) is 3.44. The molecule has 20 heavy (non-hydrogen) atoms. The summed E-state index contributed by atoms with van der Waals surface area (Å²) in [5, 5.41) is 0. The van der Waals surface area contributed by atoms with Crippen molar-refractivity contribution in [2.75, 3.05) is 26.2 Å². The van der Waals surface area contributed by atoms with Crippen molar-refractivity contribution >= 4 is 7.85 Å². The van der Waals surface area contributed by atoms with E-state index in [-0.39, 0.29) is 5.92 Å². The number of alkyl halides is 1. The molecule has 0 aromatic carbocycles. The fourth-order valence-corrected chi connectivity index (χ4v) is 4.00. The van der Waals surface area contributed by atoms with E-state index in [1.807, 2.05) is 7.85 Å². The van der Waals surface area contributed by atoms with Crippen LogP contribution in [0.15, 0.2) is 0 Å². The summed E-state index contributed by atoms with van der Waals surface area (Å²) in [4.78, 5) is 5.00. The predicted molar refractivity (Wildman–Crippen MR) is 86.6 cm³/mol. The Morgan fingerprint density at radius 2 is 1.80 bits per heavy atom. The van der Waals surface area contributed by atoms with Gasteiger partial charge in [-0.15, -0.1) is 0 Å². The maximum atomic E-state index is 14.8. The van der Waals surface area contributed by atoms with Crippen molar-refractivity contribution in [1.82, 2.24) is 9.80 Å². The van der Waals surface area contributed by atoms with Crippen molar-refractivity contribution in [3.63, 3.8) is 0 Å². The number of halogens is 1. The molecule has 2 atom stereocenters. The largest absolute Gasteiger partial charge is 0.301 e. The Balaban J connectivity index is 1.89. The molecule has 0 aliphatic carbocycles. The number of hydrogen-bond acceptors (Lipinski definition) is 2. The molecule has 2 aliphatic heterocycles. The second-order valence-electron chi connectivity index (χ2n) is 7.89. The molecule has 2 nitrogen and oxygen atoms in total. The van der Waals surface area contributed by atoms with Gasteiger partial charge in [-0.05, 0) is 58.0 Å². The van der Waals surface area contributed by atoms with Crippen molar-refractivity contribution in [2.45, 2.75) is 64.6 Å². The Labute approximate surface area is 125 Å². The third kappa shape index (κ3) is 3.76. The van der Waals surface area contributed by atoms with Crippen LogP contribution in [0, 0.1) is 11.8 Å². The predicted octanol–water partition coefficient (Wildman–Crippen LogP) is 2.14. The van der Waals surface area contributed by atoms with Gasteiger partial charge in [0.2, 0.25) is 0 Å². The molecule has 2 saturated heterocycles. The third-order valence-corrected chi connectivity index (χ3v) is 5.32. The highest BCUT2D eigenvalue weighted by atomic mass is 19.1. The van der Waals surface area contributed by atoms with Crippen LogP contribution in [-0.2, 0) is 0 Å². The minimum Gasteiger partial charge on any atom is -0.301 e. The van der Waals surface area contributed by atoms with Crippen LogP contribution in [0.4, 0.5) is 4.39 Å². The van der Waals surface area contributed by atoms with Gasteiger partial charge in [0.05, 0.1) is 5.57 Å². The highest BCUT2D eigenvalue weighted by Crippen LogP contribution is 2.36. The Kier molecular flexibility index (Phi) is 5.17. The molecule has 0 amide bonds. The van der Waals surface area contributed by atoms with E-state index in [0.29, 0.717) is 24.5 Å². The van der Waals surface area contributed by atoms with E-state index >= 15 is 0 Å². The van der Waals surface area contributed by atoms with E-state index in [4.69, 9.17) is 0 Å². The van der Waals surface area contributed by atoms with Gasteiger partial charge in [0.25, 0.3) is 0 Å². The maximum Gasteiger partial charge on any atom is 0.152 e. The molecule has 0 bridgehead atoms. The normalized spacial score (nSPS) is 34.5. The first-order chi connectivity index (χ1) is 9.29. The molecule has 0 aromatic heterocycles. The lowest BCUT2D eigenvalue weighted by Gasteiger charge is -2.38. The highest BCUT2D eigenvalue weighted by molar-refractivity contribution is 6.15. The quantitative estimate of drug-likeness (QED) is 0.729. The molecular weight excluding hydrogens is 250 g/mol. The third-order valence-electron chi connectivity index (χ3n) is 5.32. The molecule has 2 heterocycles. The summed E-state index contributed by atoms with van der Waals surface area (Å²) in [5.74, 6) is 0.823. The first-order valence-corrected chi connectivity index (χ1v) is 8.46. The minimum atomic E-state index is -0.987. The monoisotopic (exact) mass is 282 g/mol. The van der Waals surface area contributed by atoms with E-state index in [2.05, 4.69) is 37.5 Å². The fraction of sp³-hybridized carbons (Fsp3) is 1.00. The summed E-state index contributed by atoms with van der Waals surface area (Å²) in [7, 11) is 1.82. The highest BCUT2D eigenvalue weighted by Gasteiger charge is 2.45. The zero-order valence-corrected chi connectivity index (χ0v) is 14.0. The first kappa shape index (κ1) is 16.3. The average Bonchev–Trinajstić information content (AvgIpc) is 2.64. The molecule has 116 valence electrons. The van der Waals surface area contributed by atoms with Crippen molar-refractivity contribution in [1.29, 1.82) is 0 Å². The molecule has 2 unspecified atom stereocenters. The Morgan fingerprint density at radius 3 is 2.30 bits per heavy atom. The molecule has 2 fully saturated rings. The number of hydrogen-bond donors (Lipinski definition) is 0. The molecule has 0 saturated carbocycles. The van der Waals surface area contributed by atoms with Gasteiger partial charge in [0.1, 0.15) is 0 Å². The topological polar surface area (TPSA) is 6.48 Å². The zero-order valence-electron chi connectivity index (χ0n) is 14.0.